The van der Waals surface area contributed by atoms with Gasteiger partial charge >= 0.3 is 0 Å². The molecule has 0 amide bonds. The van der Waals surface area contributed by atoms with Gasteiger partial charge in [0.25, 0.3) is 0 Å². The van der Waals surface area contributed by atoms with Crippen LogP contribution in [0.15, 0.2) is 18.2 Å². The first kappa shape index (κ1) is 13.7. The molecule has 1 aromatic carbocycles. The minimum absolute atomic E-state index is 0.0270. The zero-order valence-electron chi connectivity index (χ0n) is 10.2. The number of aliphatic hydroxyl groups is 1. The second-order valence-electron chi connectivity index (χ2n) is 4.45. The first-order valence-corrected chi connectivity index (χ1v) is 6.61. The van der Waals surface area contributed by atoms with Gasteiger partial charge < -0.3 is 10.4 Å². The number of nitrogens with zero attached hydrogens (tertiary/aromatic N) is 1. The zero-order chi connectivity index (χ0) is 13.0. The molecule has 100 valence electrons. The second kappa shape index (κ2) is 6.48. The molecule has 0 bridgehead atoms. The summed E-state index contributed by atoms with van der Waals surface area (Å²) in [5.41, 5.74) is 0.509. The molecule has 1 atom stereocenters. The van der Waals surface area contributed by atoms with Crippen LogP contribution >= 0.6 is 11.6 Å². The maximum atomic E-state index is 14.0. The number of hydrogen-bond donors (Lipinski definition) is 2. The van der Waals surface area contributed by atoms with Crippen LogP contribution in [0.1, 0.15) is 18.0 Å². The fourth-order valence-electron chi connectivity index (χ4n) is 2.45. The van der Waals surface area contributed by atoms with Crippen LogP contribution in [0.5, 0.6) is 0 Å². The summed E-state index contributed by atoms with van der Waals surface area (Å²) in [4.78, 5) is 2.18. The number of aliphatic hydroxyl groups excluding tert-OH is 1. The fourth-order valence-corrected chi connectivity index (χ4v) is 2.74. The Labute approximate surface area is 112 Å². The number of rotatable bonds is 4. The SMILES string of the molecule is OCC[C@H](c1c(F)cccc1Cl)N1CCNCC1. The number of halogens is 2. The minimum atomic E-state index is -0.292. The van der Waals surface area contributed by atoms with Gasteiger partial charge in [-0.1, -0.05) is 17.7 Å². The zero-order valence-corrected chi connectivity index (χ0v) is 11.0. The number of piperazine rings is 1. The smallest absolute Gasteiger partial charge is 0.129 e. The summed E-state index contributed by atoms with van der Waals surface area (Å²) in [7, 11) is 0. The van der Waals surface area contributed by atoms with Gasteiger partial charge in [0.1, 0.15) is 5.82 Å². The molecule has 2 rings (SSSR count). The van der Waals surface area contributed by atoms with Gasteiger partial charge in [-0.15, -0.1) is 0 Å². The van der Waals surface area contributed by atoms with Gasteiger partial charge in [0.15, 0.2) is 0 Å². The number of hydrogen-bond acceptors (Lipinski definition) is 3. The van der Waals surface area contributed by atoms with Crippen molar-refractivity contribution in [3.63, 3.8) is 0 Å². The molecule has 1 heterocycles. The molecular weight excluding hydrogens is 255 g/mol. The van der Waals surface area contributed by atoms with Crippen LogP contribution < -0.4 is 5.32 Å². The van der Waals surface area contributed by atoms with Gasteiger partial charge in [-0.05, 0) is 18.6 Å². The van der Waals surface area contributed by atoms with Crippen molar-refractivity contribution in [1.82, 2.24) is 10.2 Å². The highest BCUT2D eigenvalue weighted by Gasteiger charge is 2.26. The number of nitrogens with one attached hydrogen (secondary N) is 1. The lowest BCUT2D eigenvalue weighted by molar-refractivity contribution is 0.138. The normalized spacial score (nSPS) is 18.8. The van der Waals surface area contributed by atoms with E-state index in [4.69, 9.17) is 11.6 Å². The highest BCUT2D eigenvalue weighted by molar-refractivity contribution is 6.31. The lowest BCUT2D eigenvalue weighted by Gasteiger charge is -2.35. The fraction of sp³-hybridized carbons (Fsp3) is 0.538. The Morgan fingerprint density at radius 3 is 2.72 bits per heavy atom. The molecule has 3 nitrogen and oxygen atoms in total. The molecule has 0 aromatic heterocycles. The van der Waals surface area contributed by atoms with Gasteiger partial charge in [0, 0.05) is 49.4 Å². The van der Waals surface area contributed by atoms with Crippen molar-refractivity contribution in [2.24, 2.45) is 0 Å². The average Bonchev–Trinajstić information content (AvgIpc) is 2.38. The molecule has 1 fully saturated rings. The molecule has 0 radical (unpaired) electrons. The minimum Gasteiger partial charge on any atom is -0.396 e. The summed E-state index contributed by atoms with van der Waals surface area (Å²) in [5, 5.41) is 12.9. The third-order valence-electron chi connectivity index (χ3n) is 3.33. The lowest BCUT2D eigenvalue weighted by atomic mass is 10.0. The molecule has 1 aromatic rings. The Kier molecular flexibility index (Phi) is 4.95. The summed E-state index contributed by atoms with van der Waals surface area (Å²) in [6.45, 7) is 3.48. The first-order valence-electron chi connectivity index (χ1n) is 6.23. The Balaban J connectivity index is 2.28. The lowest BCUT2D eigenvalue weighted by Crippen LogP contribution is -2.45. The van der Waals surface area contributed by atoms with E-state index in [0.29, 0.717) is 17.0 Å². The Hall–Kier alpha value is -0.680. The van der Waals surface area contributed by atoms with Crippen LogP contribution in [0.3, 0.4) is 0 Å². The molecule has 2 N–H and O–H groups in total. The van der Waals surface area contributed by atoms with Crippen molar-refractivity contribution >= 4 is 11.6 Å². The Morgan fingerprint density at radius 2 is 2.11 bits per heavy atom. The van der Waals surface area contributed by atoms with E-state index in [2.05, 4.69) is 10.2 Å². The Morgan fingerprint density at radius 1 is 1.39 bits per heavy atom. The predicted octanol–water partition coefficient (Wildman–Crippen LogP) is 1.81. The third-order valence-corrected chi connectivity index (χ3v) is 3.66. The van der Waals surface area contributed by atoms with E-state index in [1.54, 1.807) is 12.1 Å². The molecule has 1 aliphatic heterocycles. The molecule has 0 spiro atoms. The molecular formula is C13H18ClFN2O. The summed E-state index contributed by atoms with van der Waals surface area (Å²) in [6.07, 6.45) is 0.501. The maximum Gasteiger partial charge on any atom is 0.129 e. The van der Waals surface area contributed by atoms with Gasteiger partial charge in [-0.2, -0.15) is 0 Å². The van der Waals surface area contributed by atoms with E-state index in [-0.39, 0.29) is 18.5 Å². The van der Waals surface area contributed by atoms with Crippen LogP contribution in [-0.4, -0.2) is 42.8 Å². The topological polar surface area (TPSA) is 35.5 Å². The largest absolute Gasteiger partial charge is 0.396 e. The van der Waals surface area contributed by atoms with E-state index in [1.165, 1.54) is 6.07 Å². The van der Waals surface area contributed by atoms with Crippen LogP contribution in [0, 0.1) is 5.82 Å². The molecule has 0 saturated carbocycles. The number of benzene rings is 1. The summed E-state index contributed by atoms with van der Waals surface area (Å²) in [5.74, 6) is -0.292. The second-order valence-corrected chi connectivity index (χ2v) is 4.86. The van der Waals surface area contributed by atoms with Crippen molar-refractivity contribution < 1.29 is 9.50 Å². The molecule has 18 heavy (non-hydrogen) atoms. The van der Waals surface area contributed by atoms with Crippen molar-refractivity contribution in [3.8, 4) is 0 Å². The highest BCUT2D eigenvalue weighted by atomic mass is 35.5. The van der Waals surface area contributed by atoms with E-state index in [1.807, 2.05) is 0 Å². The highest BCUT2D eigenvalue weighted by Crippen LogP contribution is 2.32. The first-order chi connectivity index (χ1) is 8.74. The summed E-state index contributed by atoms with van der Waals surface area (Å²) < 4.78 is 14.0. The van der Waals surface area contributed by atoms with Crippen LogP contribution in [0.4, 0.5) is 4.39 Å². The Bertz CT molecular complexity index is 376. The molecule has 1 aliphatic rings. The van der Waals surface area contributed by atoms with Crippen LogP contribution in [0.25, 0.3) is 0 Å². The van der Waals surface area contributed by atoms with Gasteiger partial charge in [-0.3, -0.25) is 4.90 Å². The quantitative estimate of drug-likeness (QED) is 0.878. The molecule has 0 aliphatic carbocycles. The van der Waals surface area contributed by atoms with E-state index < -0.39 is 0 Å². The van der Waals surface area contributed by atoms with Crippen molar-refractivity contribution in [2.75, 3.05) is 32.8 Å². The third kappa shape index (κ3) is 3.01. The van der Waals surface area contributed by atoms with Crippen LogP contribution in [-0.2, 0) is 0 Å². The molecule has 1 saturated heterocycles. The van der Waals surface area contributed by atoms with Crippen molar-refractivity contribution in [2.45, 2.75) is 12.5 Å². The van der Waals surface area contributed by atoms with Crippen LogP contribution in [0.2, 0.25) is 5.02 Å². The molecule has 5 heteroatoms. The van der Waals surface area contributed by atoms with E-state index in [0.717, 1.165) is 26.2 Å². The molecule has 0 unspecified atom stereocenters. The van der Waals surface area contributed by atoms with E-state index in [9.17, 15) is 9.50 Å². The van der Waals surface area contributed by atoms with Crippen molar-refractivity contribution in [3.05, 3.63) is 34.6 Å². The predicted molar refractivity (Wildman–Crippen MR) is 70.3 cm³/mol. The van der Waals surface area contributed by atoms with Gasteiger partial charge in [0.05, 0.1) is 0 Å². The summed E-state index contributed by atoms with van der Waals surface area (Å²) in [6, 6.07) is 4.58. The standard InChI is InChI=1S/C13H18ClFN2O/c14-10-2-1-3-11(15)13(10)12(4-9-18)17-7-5-16-6-8-17/h1-3,12,16,18H,4-9H2/t12-/m1/s1. The van der Waals surface area contributed by atoms with Gasteiger partial charge in [-0.25, -0.2) is 4.39 Å². The average molecular weight is 273 g/mol. The maximum absolute atomic E-state index is 14.0. The van der Waals surface area contributed by atoms with Crippen molar-refractivity contribution in [1.29, 1.82) is 0 Å². The van der Waals surface area contributed by atoms with Gasteiger partial charge in [0.2, 0.25) is 0 Å². The van der Waals surface area contributed by atoms with E-state index >= 15 is 0 Å². The summed E-state index contributed by atoms with van der Waals surface area (Å²) >= 11 is 6.12. The monoisotopic (exact) mass is 272 g/mol.